The van der Waals surface area contributed by atoms with Crippen LogP contribution in [0.25, 0.3) is 0 Å². The van der Waals surface area contributed by atoms with Gasteiger partial charge in [-0.2, -0.15) is 0 Å². The standard InChI is InChI=1S/C23H21ClN2O3/c24-16-10-12-18(13-11-16)29-26-15-14-20(19-8-4-5-9-21(19)26)22(23(25)27)28-17-6-2-1-3-7-17/h1-13,20,22H,14-15H2,(H2,25,27). The van der Waals surface area contributed by atoms with Crippen molar-refractivity contribution in [2.24, 2.45) is 5.73 Å². The van der Waals surface area contributed by atoms with Gasteiger partial charge < -0.3 is 15.3 Å². The van der Waals surface area contributed by atoms with Gasteiger partial charge in [-0.25, -0.2) is 5.06 Å². The van der Waals surface area contributed by atoms with Crippen LogP contribution in [-0.2, 0) is 4.79 Å². The molecule has 3 aromatic rings. The van der Waals surface area contributed by atoms with E-state index in [1.807, 2.05) is 71.8 Å². The van der Waals surface area contributed by atoms with E-state index in [1.165, 1.54) is 0 Å². The summed E-state index contributed by atoms with van der Waals surface area (Å²) in [5, 5.41) is 2.48. The van der Waals surface area contributed by atoms with Gasteiger partial charge in [0.05, 0.1) is 12.2 Å². The Bertz CT molecular complexity index is 979. The second-order valence-corrected chi connectivity index (χ2v) is 7.29. The van der Waals surface area contributed by atoms with Crippen molar-refractivity contribution in [1.82, 2.24) is 0 Å². The third-order valence-electron chi connectivity index (χ3n) is 4.93. The van der Waals surface area contributed by atoms with Crippen LogP contribution in [0.5, 0.6) is 11.5 Å². The first-order valence-electron chi connectivity index (χ1n) is 9.43. The molecule has 1 aliphatic heterocycles. The number of hydrogen-bond acceptors (Lipinski definition) is 4. The minimum Gasteiger partial charge on any atom is -0.480 e. The van der Waals surface area contributed by atoms with Gasteiger partial charge in [0.15, 0.2) is 11.9 Å². The van der Waals surface area contributed by atoms with Crippen LogP contribution in [-0.4, -0.2) is 18.6 Å². The molecule has 148 valence electrons. The summed E-state index contributed by atoms with van der Waals surface area (Å²) in [7, 11) is 0. The number of hydroxylamine groups is 1. The van der Waals surface area contributed by atoms with Crippen molar-refractivity contribution < 1.29 is 14.4 Å². The average molecular weight is 409 g/mol. The summed E-state index contributed by atoms with van der Waals surface area (Å²) in [6.07, 6.45) is -0.110. The molecule has 0 aliphatic carbocycles. The quantitative estimate of drug-likeness (QED) is 0.649. The summed E-state index contributed by atoms with van der Waals surface area (Å²) in [5.74, 6) is 0.651. The summed E-state index contributed by atoms with van der Waals surface area (Å²) in [5.41, 5.74) is 7.58. The molecule has 2 atom stereocenters. The third kappa shape index (κ3) is 4.30. The highest BCUT2D eigenvalue weighted by molar-refractivity contribution is 6.30. The van der Waals surface area contributed by atoms with Crippen molar-refractivity contribution in [2.75, 3.05) is 11.6 Å². The first kappa shape index (κ1) is 19.2. The van der Waals surface area contributed by atoms with Crippen LogP contribution in [0.4, 0.5) is 5.69 Å². The topological polar surface area (TPSA) is 64.8 Å². The van der Waals surface area contributed by atoms with Gasteiger partial charge in [0, 0.05) is 10.9 Å². The van der Waals surface area contributed by atoms with Gasteiger partial charge in [0.2, 0.25) is 0 Å². The average Bonchev–Trinajstić information content (AvgIpc) is 2.75. The Morgan fingerprint density at radius 3 is 2.38 bits per heavy atom. The number of nitrogens with zero attached hydrogens (tertiary/aromatic N) is 1. The molecule has 0 saturated heterocycles. The number of fused-ring (bicyclic) bond motifs is 1. The first-order chi connectivity index (χ1) is 14.1. The van der Waals surface area contributed by atoms with E-state index < -0.39 is 12.0 Å². The summed E-state index contributed by atoms with van der Waals surface area (Å²) < 4.78 is 5.99. The number of halogens is 1. The Labute approximate surface area is 174 Å². The summed E-state index contributed by atoms with van der Waals surface area (Å²) in [4.78, 5) is 18.3. The van der Waals surface area contributed by atoms with Crippen LogP contribution >= 0.6 is 11.6 Å². The number of para-hydroxylation sites is 2. The molecule has 2 N–H and O–H groups in total. The van der Waals surface area contributed by atoms with E-state index in [-0.39, 0.29) is 5.92 Å². The van der Waals surface area contributed by atoms with Gasteiger partial charge in [-0.05, 0) is 54.4 Å². The van der Waals surface area contributed by atoms with Gasteiger partial charge in [-0.3, -0.25) is 4.79 Å². The lowest BCUT2D eigenvalue weighted by atomic mass is 9.86. The number of anilines is 1. The zero-order valence-electron chi connectivity index (χ0n) is 15.7. The molecular weight excluding hydrogens is 388 g/mol. The summed E-state index contributed by atoms with van der Waals surface area (Å²) in [6.45, 7) is 0.590. The molecule has 0 fully saturated rings. The van der Waals surface area contributed by atoms with Crippen LogP contribution in [0, 0.1) is 0 Å². The van der Waals surface area contributed by atoms with E-state index in [0.717, 1.165) is 11.3 Å². The fraction of sp³-hybridized carbons (Fsp3) is 0.174. The number of hydrogen-bond donors (Lipinski definition) is 1. The lowest BCUT2D eigenvalue weighted by Gasteiger charge is -2.37. The van der Waals surface area contributed by atoms with Gasteiger partial charge in [-0.15, -0.1) is 0 Å². The van der Waals surface area contributed by atoms with Gasteiger partial charge in [-0.1, -0.05) is 48.0 Å². The highest BCUT2D eigenvalue weighted by Gasteiger charge is 2.36. The number of rotatable bonds is 6. The molecule has 0 saturated carbocycles. The van der Waals surface area contributed by atoms with Crippen molar-refractivity contribution in [3.63, 3.8) is 0 Å². The Morgan fingerprint density at radius 1 is 0.966 bits per heavy atom. The Balaban J connectivity index is 1.61. The molecule has 0 radical (unpaired) electrons. The number of carbonyl (C=O) groups is 1. The van der Waals surface area contributed by atoms with Crippen molar-refractivity contribution in [3.05, 3.63) is 89.4 Å². The van der Waals surface area contributed by atoms with Crippen LogP contribution < -0.4 is 20.4 Å². The molecule has 29 heavy (non-hydrogen) atoms. The smallest absolute Gasteiger partial charge is 0.259 e. The Morgan fingerprint density at radius 2 is 1.66 bits per heavy atom. The molecule has 0 bridgehead atoms. The lowest BCUT2D eigenvalue weighted by molar-refractivity contribution is -0.125. The van der Waals surface area contributed by atoms with Gasteiger partial charge in [0.1, 0.15) is 5.75 Å². The number of amides is 1. The largest absolute Gasteiger partial charge is 0.480 e. The molecule has 5 nitrogen and oxygen atoms in total. The molecule has 2 unspecified atom stereocenters. The Hall–Kier alpha value is -3.18. The van der Waals surface area contributed by atoms with Crippen molar-refractivity contribution in [1.29, 1.82) is 0 Å². The molecule has 6 heteroatoms. The SMILES string of the molecule is NC(=O)C(Oc1ccccc1)C1CCN(Oc2ccc(Cl)cc2)c2ccccc21. The first-order valence-corrected chi connectivity index (χ1v) is 9.80. The minimum atomic E-state index is -0.767. The van der Waals surface area contributed by atoms with E-state index in [9.17, 15) is 4.79 Å². The molecule has 3 aromatic carbocycles. The fourth-order valence-corrected chi connectivity index (χ4v) is 3.70. The predicted molar refractivity (Wildman–Crippen MR) is 113 cm³/mol. The highest BCUT2D eigenvalue weighted by Crippen LogP contribution is 2.39. The van der Waals surface area contributed by atoms with Gasteiger partial charge in [0.25, 0.3) is 5.91 Å². The van der Waals surface area contributed by atoms with Crippen LogP contribution in [0.2, 0.25) is 5.02 Å². The van der Waals surface area contributed by atoms with E-state index in [4.69, 9.17) is 26.9 Å². The highest BCUT2D eigenvalue weighted by atomic mass is 35.5. The van der Waals surface area contributed by atoms with Crippen molar-refractivity contribution in [2.45, 2.75) is 18.4 Å². The summed E-state index contributed by atoms with van der Waals surface area (Å²) >= 11 is 5.96. The molecule has 1 heterocycles. The third-order valence-corrected chi connectivity index (χ3v) is 5.18. The maximum Gasteiger partial charge on any atom is 0.259 e. The number of primary amides is 1. The molecule has 1 aliphatic rings. The van der Waals surface area contributed by atoms with Crippen LogP contribution in [0.15, 0.2) is 78.9 Å². The Kier molecular flexibility index (Phi) is 5.58. The molecule has 1 amide bonds. The molecule has 0 spiro atoms. The second-order valence-electron chi connectivity index (χ2n) is 6.86. The lowest BCUT2D eigenvalue weighted by Crippen LogP contribution is -2.44. The normalized spacial score (nSPS) is 16.6. The number of benzene rings is 3. The molecule has 4 rings (SSSR count). The predicted octanol–water partition coefficient (Wildman–Crippen LogP) is 4.56. The number of nitrogens with two attached hydrogens (primary N) is 1. The van der Waals surface area contributed by atoms with E-state index in [0.29, 0.717) is 29.5 Å². The maximum atomic E-state index is 12.3. The second kappa shape index (κ2) is 8.45. The van der Waals surface area contributed by atoms with Crippen molar-refractivity contribution in [3.8, 4) is 11.5 Å². The number of carbonyl (C=O) groups excluding carboxylic acids is 1. The molecular formula is C23H21ClN2O3. The maximum absolute atomic E-state index is 12.3. The minimum absolute atomic E-state index is 0.172. The zero-order chi connectivity index (χ0) is 20.2. The van der Waals surface area contributed by atoms with E-state index in [2.05, 4.69) is 0 Å². The monoisotopic (exact) mass is 408 g/mol. The van der Waals surface area contributed by atoms with E-state index >= 15 is 0 Å². The number of ether oxygens (including phenoxy) is 1. The summed E-state index contributed by atoms with van der Waals surface area (Å²) in [6, 6.07) is 24.3. The van der Waals surface area contributed by atoms with Gasteiger partial charge >= 0.3 is 0 Å². The van der Waals surface area contributed by atoms with E-state index in [1.54, 1.807) is 12.1 Å². The zero-order valence-corrected chi connectivity index (χ0v) is 16.5. The van der Waals surface area contributed by atoms with Crippen LogP contribution in [0.1, 0.15) is 17.9 Å². The fourth-order valence-electron chi connectivity index (χ4n) is 3.58. The van der Waals surface area contributed by atoms with Crippen molar-refractivity contribution >= 4 is 23.2 Å². The molecule has 0 aromatic heterocycles. The van der Waals surface area contributed by atoms with Crippen LogP contribution in [0.3, 0.4) is 0 Å².